The molecule has 4 nitrogen and oxygen atoms in total. The van der Waals surface area contributed by atoms with E-state index in [1.807, 2.05) is 6.07 Å². The molecule has 1 aliphatic carbocycles. The second kappa shape index (κ2) is 8.59. The van der Waals surface area contributed by atoms with Crippen molar-refractivity contribution in [1.82, 2.24) is 10.2 Å². The number of aryl methyl sites for hydroxylation is 2. The predicted molar refractivity (Wildman–Crippen MR) is 90.9 cm³/mol. The molecule has 1 aromatic rings. The van der Waals surface area contributed by atoms with Crippen LogP contribution in [0.2, 0.25) is 0 Å². The first-order valence-corrected chi connectivity index (χ1v) is 7.16. The van der Waals surface area contributed by atoms with E-state index in [0.717, 1.165) is 38.3 Å². The van der Waals surface area contributed by atoms with Crippen LogP contribution in [0.4, 0.5) is 5.69 Å². The minimum atomic E-state index is 0. The van der Waals surface area contributed by atoms with E-state index in [9.17, 15) is 4.79 Å². The van der Waals surface area contributed by atoms with E-state index in [2.05, 4.69) is 27.7 Å². The van der Waals surface area contributed by atoms with Crippen LogP contribution in [0.15, 0.2) is 18.2 Å². The Morgan fingerprint density at radius 2 is 1.86 bits per heavy atom. The van der Waals surface area contributed by atoms with Crippen molar-refractivity contribution in [2.24, 2.45) is 0 Å². The van der Waals surface area contributed by atoms with E-state index in [-0.39, 0.29) is 30.7 Å². The second-order valence-corrected chi connectivity index (χ2v) is 5.41. The molecule has 1 amide bonds. The van der Waals surface area contributed by atoms with E-state index in [1.165, 1.54) is 24.0 Å². The Morgan fingerprint density at radius 3 is 2.62 bits per heavy atom. The Bertz CT molecular complexity index is 476. The third-order valence-electron chi connectivity index (χ3n) is 3.96. The smallest absolute Gasteiger partial charge is 0.238 e. The van der Waals surface area contributed by atoms with Gasteiger partial charge in [-0.05, 0) is 42.5 Å². The molecule has 1 aliphatic heterocycles. The predicted octanol–water partition coefficient (Wildman–Crippen LogP) is 1.86. The van der Waals surface area contributed by atoms with E-state index >= 15 is 0 Å². The highest BCUT2D eigenvalue weighted by atomic mass is 35.5. The van der Waals surface area contributed by atoms with Gasteiger partial charge in [-0.15, -0.1) is 24.8 Å². The molecule has 0 spiro atoms. The first-order chi connectivity index (χ1) is 9.31. The summed E-state index contributed by atoms with van der Waals surface area (Å²) in [6, 6.07) is 6.32. The van der Waals surface area contributed by atoms with Gasteiger partial charge in [-0.2, -0.15) is 0 Å². The molecule has 0 saturated carbocycles. The summed E-state index contributed by atoms with van der Waals surface area (Å²) in [5.41, 5.74) is 3.79. The van der Waals surface area contributed by atoms with E-state index in [0.29, 0.717) is 6.54 Å². The Morgan fingerprint density at radius 1 is 1.14 bits per heavy atom. The topological polar surface area (TPSA) is 44.4 Å². The van der Waals surface area contributed by atoms with Crippen LogP contribution in [0.1, 0.15) is 17.5 Å². The van der Waals surface area contributed by atoms with Gasteiger partial charge in [-0.3, -0.25) is 9.69 Å². The van der Waals surface area contributed by atoms with E-state index in [4.69, 9.17) is 0 Å². The number of halogens is 2. The molecule has 118 valence electrons. The van der Waals surface area contributed by atoms with Gasteiger partial charge in [0.2, 0.25) is 5.91 Å². The third kappa shape index (κ3) is 4.85. The standard InChI is InChI=1S/C15H21N3O.2ClH/c19-15(11-18-8-6-16-7-9-18)17-14-5-4-12-2-1-3-13(12)10-14;;/h4-5,10,16H,1-3,6-9,11H2,(H,17,19);2*1H. The van der Waals surface area contributed by atoms with Gasteiger partial charge >= 0.3 is 0 Å². The Hall–Kier alpha value is -0.810. The fourth-order valence-electron chi connectivity index (χ4n) is 2.92. The summed E-state index contributed by atoms with van der Waals surface area (Å²) in [7, 11) is 0. The number of amides is 1. The number of piperazine rings is 1. The Kier molecular flexibility index (Phi) is 7.46. The molecule has 2 aliphatic rings. The zero-order valence-electron chi connectivity index (χ0n) is 12.1. The van der Waals surface area contributed by atoms with Crippen molar-refractivity contribution in [2.45, 2.75) is 19.3 Å². The van der Waals surface area contributed by atoms with E-state index < -0.39 is 0 Å². The van der Waals surface area contributed by atoms with Crippen LogP contribution in [0.5, 0.6) is 0 Å². The van der Waals surface area contributed by atoms with Gasteiger partial charge in [-0.25, -0.2) is 0 Å². The lowest BCUT2D eigenvalue weighted by Crippen LogP contribution is -2.46. The lowest BCUT2D eigenvalue weighted by atomic mass is 10.1. The Labute approximate surface area is 138 Å². The number of carbonyl (C=O) groups excluding carboxylic acids is 1. The summed E-state index contributed by atoms with van der Waals surface area (Å²) < 4.78 is 0. The maximum atomic E-state index is 12.0. The highest BCUT2D eigenvalue weighted by Gasteiger charge is 2.15. The fraction of sp³-hybridized carbons (Fsp3) is 0.533. The SMILES string of the molecule is Cl.Cl.O=C(CN1CCNCC1)Nc1ccc2c(c1)CCC2. The number of anilines is 1. The first kappa shape index (κ1) is 18.2. The van der Waals surface area contributed by atoms with Crippen molar-refractivity contribution in [2.75, 3.05) is 38.0 Å². The first-order valence-electron chi connectivity index (χ1n) is 7.16. The van der Waals surface area contributed by atoms with Crippen molar-refractivity contribution in [3.05, 3.63) is 29.3 Å². The van der Waals surface area contributed by atoms with Crippen molar-refractivity contribution in [3.8, 4) is 0 Å². The normalized spacial score (nSPS) is 17.3. The van der Waals surface area contributed by atoms with E-state index in [1.54, 1.807) is 0 Å². The van der Waals surface area contributed by atoms with Gasteiger partial charge in [-0.1, -0.05) is 6.07 Å². The summed E-state index contributed by atoms with van der Waals surface area (Å²) in [6.45, 7) is 4.37. The maximum absolute atomic E-state index is 12.0. The number of benzene rings is 1. The zero-order chi connectivity index (χ0) is 13.1. The fourth-order valence-corrected chi connectivity index (χ4v) is 2.92. The molecular weight excluding hydrogens is 309 g/mol. The summed E-state index contributed by atoms with van der Waals surface area (Å²) in [5.74, 6) is 0.0971. The van der Waals surface area contributed by atoms with Gasteiger partial charge in [0, 0.05) is 31.9 Å². The number of fused-ring (bicyclic) bond motifs is 1. The molecule has 6 heteroatoms. The number of carbonyl (C=O) groups is 1. The quantitative estimate of drug-likeness (QED) is 0.888. The van der Waals surface area contributed by atoms with Crippen LogP contribution in [0, 0.1) is 0 Å². The van der Waals surface area contributed by atoms with Crippen molar-refractivity contribution < 1.29 is 4.79 Å². The highest BCUT2D eigenvalue weighted by molar-refractivity contribution is 5.92. The molecule has 0 aromatic heterocycles. The largest absolute Gasteiger partial charge is 0.325 e. The molecule has 0 unspecified atom stereocenters. The summed E-state index contributed by atoms with van der Waals surface area (Å²) >= 11 is 0. The molecule has 0 bridgehead atoms. The lowest BCUT2D eigenvalue weighted by Gasteiger charge is -2.26. The molecule has 1 fully saturated rings. The summed E-state index contributed by atoms with van der Waals surface area (Å²) in [4.78, 5) is 14.2. The zero-order valence-corrected chi connectivity index (χ0v) is 13.7. The van der Waals surface area contributed by atoms with Crippen LogP contribution in [0.3, 0.4) is 0 Å². The molecule has 0 radical (unpaired) electrons. The number of nitrogens with one attached hydrogen (secondary N) is 2. The molecule has 1 aromatic carbocycles. The molecule has 3 rings (SSSR count). The number of hydrogen-bond donors (Lipinski definition) is 2. The molecular formula is C15H23Cl2N3O. The minimum absolute atomic E-state index is 0. The average molecular weight is 332 g/mol. The third-order valence-corrected chi connectivity index (χ3v) is 3.96. The van der Waals surface area contributed by atoms with Crippen LogP contribution < -0.4 is 10.6 Å². The van der Waals surface area contributed by atoms with Gasteiger partial charge in [0.15, 0.2) is 0 Å². The molecule has 21 heavy (non-hydrogen) atoms. The van der Waals surface area contributed by atoms with Gasteiger partial charge in [0.05, 0.1) is 6.54 Å². The van der Waals surface area contributed by atoms with Gasteiger partial charge < -0.3 is 10.6 Å². The summed E-state index contributed by atoms with van der Waals surface area (Å²) in [5, 5.41) is 6.31. The number of rotatable bonds is 3. The maximum Gasteiger partial charge on any atom is 0.238 e. The van der Waals surface area contributed by atoms with Crippen molar-refractivity contribution in [3.63, 3.8) is 0 Å². The molecule has 2 N–H and O–H groups in total. The molecule has 0 atom stereocenters. The lowest BCUT2D eigenvalue weighted by molar-refractivity contribution is -0.117. The van der Waals surface area contributed by atoms with Crippen LogP contribution >= 0.6 is 24.8 Å². The monoisotopic (exact) mass is 331 g/mol. The highest BCUT2D eigenvalue weighted by Crippen LogP contribution is 2.24. The molecule has 1 saturated heterocycles. The van der Waals surface area contributed by atoms with Crippen molar-refractivity contribution >= 4 is 36.4 Å². The van der Waals surface area contributed by atoms with Crippen molar-refractivity contribution in [1.29, 1.82) is 0 Å². The average Bonchev–Trinajstić information content (AvgIpc) is 2.87. The minimum Gasteiger partial charge on any atom is -0.325 e. The second-order valence-electron chi connectivity index (χ2n) is 5.41. The number of nitrogens with zero attached hydrogens (tertiary/aromatic N) is 1. The Balaban J connectivity index is 0.00000110. The molecule has 1 heterocycles. The van der Waals surface area contributed by atoms with Crippen LogP contribution in [0.25, 0.3) is 0 Å². The van der Waals surface area contributed by atoms with Crippen LogP contribution in [-0.2, 0) is 17.6 Å². The summed E-state index contributed by atoms with van der Waals surface area (Å²) in [6.07, 6.45) is 3.58. The van der Waals surface area contributed by atoms with Crippen LogP contribution in [-0.4, -0.2) is 43.5 Å². The van der Waals surface area contributed by atoms with Gasteiger partial charge in [0.1, 0.15) is 0 Å². The van der Waals surface area contributed by atoms with Gasteiger partial charge in [0.25, 0.3) is 0 Å². The number of hydrogen-bond acceptors (Lipinski definition) is 3.